The number of benzene rings is 2. The first-order chi connectivity index (χ1) is 13.0. The quantitative estimate of drug-likeness (QED) is 0.847. The summed E-state index contributed by atoms with van der Waals surface area (Å²) in [6.07, 6.45) is 1.75. The number of rotatable bonds is 5. The zero-order valence-corrected chi connectivity index (χ0v) is 16.2. The molecule has 0 bridgehead atoms. The van der Waals surface area contributed by atoms with Crippen LogP contribution in [0.3, 0.4) is 0 Å². The van der Waals surface area contributed by atoms with E-state index in [4.69, 9.17) is 0 Å². The highest BCUT2D eigenvalue weighted by Gasteiger charge is 2.25. The van der Waals surface area contributed by atoms with Crippen molar-refractivity contribution in [2.24, 2.45) is 0 Å². The predicted molar refractivity (Wildman–Crippen MR) is 108 cm³/mol. The molecule has 0 saturated heterocycles. The number of urea groups is 1. The van der Waals surface area contributed by atoms with E-state index in [9.17, 15) is 9.59 Å². The fourth-order valence-corrected chi connectivity index (χ4v) is 3.24. The number of hydrogen-bond donors (Lipinski definition) is 2. The Hall–Kier alpha value is -2.82. The van der Waals surface area contributed by atoms with Crippen LogP contribution in [0.4, 0.5) is 10.5 Å². The van der Waals surface area contributed by atoms with Crippen LogP contribution >= 0.6 is 0 Å². The first-order valence-corrected chi connectivity index (χ1v) is 9.52. The molecule has 1 aliphatic rings. The van der Waals surface area contributed by atoms with Gasteiger partial charge in [0.1, 0.15) is 0 Å². The van der Waals surface area contributed by atoms with Crippen molar-refractivity contribution in [3.8, 4) is 0 Å². The molecule has 3 amide bonds. The van der Waals surface area contributed by atoms with Crippen molar-refractivity contribution >= 4 is 17.6 Å². The third kappa shape index (κ3) is 4.48. The Morgan fingerprint density at radius 1 is 1.19 bits per heavy atom. The summed E-state index contributed by atoms with van der Waals surface area (Å²) in [6, 6.07) is 13.7. The molecular weight excluding hydrogens is 338 g/mol. The van der Waals surface area contributed by atoms with Gasteiger partial charge < -0.3 is 15.5 Å². The minimum Gasteiger partial charge on any atom is -0.336 e. The molecule has 0 fully saturated rings. The number of amides is 3. The Kier molecular flexibility index (Phi) is 5.79. The van der Waals surface area contributed by atoms with Gasteiger partial charge in [-0.2, -0.15) is 0 Å². The molecule has 5 nitrogen and oxygen atoms in total. The summed E-state index contributed by atoms with van der Waals surface area (Å²) in [6.45, 7) is 7.12. The molecule has 142 valence electrons. The van der Waals surface area contributed by atoms with Gasteiger partial charge in [-0.15, -0.1) is 0 Å². The number of anilines is 1. The van der Waals surface area contributed by atoms with Crippen molar-refractivity contribution in [2.45, 2.75) is 46.2 Å². The highest BCUT2D eigenvalue weighted by Crippen LogP contribution is 2.30. The molecule has 27 heavy (non-hydrogen) atoms. The summed E-state index contributed by atoms with van der Waals surface area (Å²) in [5.74, 6) is 0.0251. The van der Waals surface area contributed by atoms with Crippen molar-refractivity contribution in [3.63, 3.8) is 0 Å². The number of nitrogens with zero attached hydrogens (tertiary/aromatic N) is 1. The van der Waals surface area contributed by atoms with Crippen LogP contribution in [0.1, 0.15) is 47.3 Å². The maximum atomic E-state index is 12.9. The Labute approximate surface area is 160 Å². The number of aryl methyl sites for hydroxylation is 1. The van der Waals surface area contributed by atoms with E-state index in [0.717, 1.165) is 29.7 Å². The largest absolute Gasteiger partial charge is 0.336 e. The van der Waals surface area contributed by atoms with Crippen LogP contribution in [0.25, 0.3) is 0 Å². The molecule has 1 atom stereocenters. The number of hydrogen-bond acceptors (Lipinski definition) is 2. The van der Waals surface area contributed by atoms with E-state index in [2.05, 4.69) is 16.7 Å². The van der Waals surface area contributed by atoms with Crippen molar-refractivity contribution in [1.82, 2.24) is 10.6 Å². The second-order valence-corrected chi connectivity index (χ2v) is 7.18. The zero-order valence-electron chi connectivity index (χ0n) is 16.2. The molecule has 0 aliphatic carbocycles. The van der Waals surface area contributed by atoms with Crippen LogP contribution in [0.15, 0.2) is 42.5 Å². The average Bonchev–Trinajstić information content (AvgIpc) is 3.08. The van der Waals surface area contributed by atoms with E-state index in [0.29, 0.717) is 18.7 Å². The molecule has 3 rings (SSSR count). The smallest absolute Gasteiger partial charge is 0.315 e. The van der Waals surface area contributed by atoms with E-state index in [1.165, 1.54) is 5.56 Å². The van der Waals surface area contributed by atoms with Gasteiger partial charge in [0.25, 0.3) is 5.91 Å². The van der Waals surface area contributed by atoms with E-state index < -0.39 is 0 Å². The van der Waals surface area contributed by atoms with Crippen molar-refractivity contribution in [1.29, 1.82) is 0 Å². The van der Waals surface area contributed by atoms with Gasteiger partial charge in [-0.25, -0.2) is 4.79 Å². The number of nitrogens with one attached hydrogen (secondary N) is 2. The highest BCUT2D eigenvalue weighted by molar-refractivity contribution is 6.07. The molecule has 2 N–H and O–H groups in total. The molecule has 0 aromatic heterocycles. The number of fused-ring (bicyclic) bond motifs is 1. The molecule has 2 aromatic rings. The minimum atomic E-state index is -0.169. The molecular formula is C22H27N3O2. The van der Waals surface area contributed by atoms with Gasteiger partial charge in [0.15, 0.2) is 0 Å². The van der Waals surface area contributed by atoms with Crippen LogP contribution in [-0.2, 0) is 13.0 Å². The van der Waals surface area contributed by atoms with E-state index >= 15 is 0 Å². The van der Waals surface area contributed by atoms with Gasteiger partial charge in [-0.05, 0) is 56.0 Å². The summed E-state index contributed by atoms with van der Waals surface area (Å²) in [4.78, 5) is 26.7. The van der Waals surface area contributed by atoms with Crippen molar-refractivity contribution < 1.29 is 9.59 Å². The SMILES string of the molecule is CCC(C)NC(=O)NCc1ccc2c(c1)N(C(=O)c1cccc(C)c1)CC2. The molecule has 0 saturated carbocycles. The number of carbonyl (C=O) groups is 2. The van der Waals surface area contributed by atoms with E-state index in [1.54, 1.807) is 0 Å². The fraction of sp³-hybridized carbons (Fsp3) is 0.364. The molecule has 0 spiro atoms. The summed E-state index contributed by atoms with van der Waals surface area (Å²) >= 11 is 0. The average molecular weight is 365 g/mol. The summed E-state index contributed by atoms with van der Waals surface area (Å²) < 4.78 is 0. The lowest BCUT2D eigenvalue weighted by molar-refractivity contribution is 0.0989. The molecule has 2 aromatic carbocycles. The second-order valence-electron chi connectivity index (χ2n) is 7.18. The minimum absolute atomic E-state index is 0.0251. The Morgan fingerprint density at radius 3 is 2.74 bits per heavy atom. The summed E-state index contributed by atoms with van der Waals surface area (Å²) in [5, 5.41) is 5.78. The van der Waals surface area contributed by atoms with Gasteiger partial charge in [0.2, 0.25) is 0 Å². The molecule has 0 radical (unpaired) electrons. The van der Waals surface area contributed by atoms with Crippen LogP contribution in [-0.4, -0.2) is 24.5 Å². The normalized spacial score (nSPS) is 13.8. The molecule has 1 heterocycles. The highest BCUT2D eigenvalue weighted by atomic mass is 16.2. The lowest BCUT2D eigenvalue weighted by atomic mass is 10.1. The zero-order chi connectivity index (χ0) is 19.4. The topological polar surface area (TPSA) is 61.4 Å². The monoisotopic (exact) mass is 365 g/mol. The summed E-state index contributed by atoms with van der Waals surface area (Å²) in [7, 11) is 0. The molecule has 1 aliphatic heterocycles. The summed E-state index contributed by atoms with van der Waals surface area (Å²) in [5.41, 5.74) is 4.88. The maximum absolute atomic E-state index is 12.9. The first kappa shape index (κ1) is 19.0. The van der Waals surface area contributed by atoms with Gasteiger partial charge in [-0.3, -0.25) is 4.79 Å². The lowest BCUT2D eigenvalue weighted by Gasteiger charge is -2.19. The first-order valence-electron chi connectivity index (χ1n) is 9.52. The van der Waals surface area contributed by atoms with Crippen LogP contribution in [0.2, 0.25) is 0 Å². The predicted octanol–water partition coefficient (Wildman–Crippen LogP) is 3.80. The lowest BCUT2D eigenvalue weighted by Crippen LogP contribution is -2.40. The third-order valence-electron chi connectivity index (χ3n) is 5.00. The van der Waals surface area contributed by atoms with Gasteiger partial charge in [-0.1, -0.05) is 36.8 Å². The van der Waals surface area contributed by atoms with Crippen LogP contribution < -0.4 is 15.5 Å². The van der Waals surface area contributed by atoms with Gasteiger partial charge in [0.05, 0.1) is 0 Å². The van der Waals surface area contributed by atoms with Crippen molar-refractivity contribution in [2.75, 3.05) is 11.4 Å². The maximum Gasteiger partial charge on any atom is 0.315 e. The standard InChI is InChI=1S/C22H27N3O2/c1-4-16(3)24-22(27)23-14-17-8-9-18-10-11-25(20(18)13-17)21(26)19-7-5-6-15(2)12-19/h5-9,12-13,16H,4,10-11,14H2,1-3H3,(H2,23,24,27). The fourth-order valence-electron chi connectivity index (χ4n) is 3.24. The second kappa shape index (κ2) is 8.25. The Morgan fingerprint density at radius 2 is 2.00 bits per heavy atom. The van der Waals surface area contributed by atoms with Crippen molar-refractivity contribution in [3.05, 3.63) is 64.7 Å². The Balaban J connectivity index is 1.71. The van der Waals surface area contributed by atoms with Gasteiger partial charge >= 0.3 is 6.03 Å². The van der Waals surface area contributed by atoms with Crippen LogP contribution in [0.5, 0.6) is 0 Å². The van der Waals surface area contributed by atoms with E-state index in [1.807, 2.05) is 62.1 Å². The molecule has 1 unspecified atom stereocenters. The van der Waals surface area contributed by atoms with E-state index in [-0.39, 0.29) is 18.0 Å². The third-order valence-corrected chi connectivity index (χ3v) is 5.00. The van der Waals surface area contributed by atoms with Crippen LogP contribution in [0, 0.1) is 6.92 Å². The van der Waals surface area contributed by atoms with Gasteiger partial charge in [0, 0.05) is 30.4 Å². The molecule has 5 heteroatoms. The Bertz CT molecular complexity index is 847. The number of carbonyl (C=O) groups excluding carboxylic acids is 2.